The predicted octanol–water partition coefficient (Wildman–Crippen LogP) is 3.33. The zero-order valence-corrected chi connectivity index (χ0v) is 9.22. The summed E-state index contributed by atoms with van der Waals surface area (Å²) in [5.74, 6) is -0.398. The second-order valence-corrected chi connectivity index (χ2v) is 3.25. The second-order valence-electron chi connectivity index (χ2n) is 3.25. The van der Waals surface area contributed by atoms with Gasteiger partial charge in [-0.25, -0.2) is 4.79 Å². The summed E-state index contributed by atoms with van der Waals surface area (Å²) in [7, 11) is 0. The standard InChI is InChI=1S/C14H14O2/c1-3-12(2)11-16-14(15)10-9-13-7-5-4-6-8-13/h3-11H,1H2,2H3. The van der Waals surface area contributed by atoms with Gasteiger partial charge in [0.2, 0.25) is 0 Å². The number of allylic oxidation sites excluding steroid dienone is 2. The van der Waals surface area contributed by atoms with Crippen LogP contribution in [0.3, 0.4) is 0 Å². The van der Waals surface area contributed by atoms with Crippen LogP contribution in [0, 0.1) is 0 Å². The van der Waals surface area contributed by atoms with E-state index in [2.05, 4.69) is 6.58 Å². The van der Waals surface area contributed by atoms with Crippen LogP contribution < -0.4 is 0 Å². The van der Waals surface area contributed by atoms with Gasteiger partial charge in [0.15, 0.2) is 0 Å². The topological polar surface area (TPSA) is 26.3 Å². The molecule has 0 fully saturated rings. The van der Waals surface area contributed by atoms with Crippen LogP contribution in [0.4, 0.5) is 0 Å². The Hall–Kier alpha value is -2.09. The van der Waals surface area contributed by atoms with Gasteiger partial charge >= 0.3 is 5.97 Å². The minimum absolute atomic E-state index is 0.398. The van der Waals surface area contributed by atoms with E-state index >= 15 is 0 Å². The van der Waals surface area contributed by atoms with Crippen LogP contribution in [0.15, 0.2) is 60.9 Å². The summed E-state index contributed by atoms with van der Waals surface area (Å²) in [6, 6.07) is 9.56. The molecule has 2 nitrogen and oxygen atoms in total. The lowest BCUT2D eigenvalue weighted by atomic mass is 10.2. The number of carbonyl (C=O) groups is 1. The number of benzene rings is 1. The third-order valence-electron chi connectivity index (χ3n) is 1.89. The molecule has 0 saturated heterocycles. The molecule has 1 aromatic rings. The molecule has 0 saturated carbocycles. The Balaban J connectivity index is 2.52. The molecule has 0 radical (unpaired) electrons. The average molecular weight is 214 g/mol. The number of hydrogen-bond acceptors (Lipinski definition) is 2. The molecule has 1 aromatic carbocycles. The van der Waals surface area contributed by atoms with Gasteiger partial charge in [0.1, 0.15) is 0 Å². The number of carbonyl (C=O) groups excluding carboxylic acids is 1. The van der Waals surface area contributed by atoms with Crippen molar-refractivity contribution < 1.29 is 9.53 Å². The summed E-state index contributed by atoms with van der Waals surface area (Å²) < 4.78 is 4.86. The fourth-order valence-corrected chi connectivity index (χ4v) is 0.967. The van der Waals surface area contributed by atoms with Gasteiger partial charge in [-0.05, 0) is 24.1 Å². The Morgan fingerprint density at radius 3 is 2.62 bits per heavy atom. The van der Waals surface area contributed by atoms with E-state index in [4.69, 9.17) is 4.74 Å². The van der Waals surface area contributed by atoms with E-state index in [0.717, 1.165) is 11.1 Å². The van der Waals surface area contributed by atoms with Gasteiger partial charge in [-0.15, -0.1) is 0 Å². The van der Waals surface area contributed by atoms with Crippen molar-refractivity contribution in [3.05, 3.63) is 66.5 Å². The lowest BCUT2D eigenvalue weighted by Gasteiger charge is -1.94. The van der Waals surface area contributed by atoms with Gasteiger partial charge in [0, 0.05) is 6.08 Å². The Kier molecular flexibility index (Phi) is 4.80. The molecule has 0 amide bonds. The monoisotopic (exact) mass is 214 g/mol. The highest BCUT2D eigenvalue weighted by molar-refractivity contribution is 5.87. The number of ether oxygens (including phenoxy) is 1. The normalized spacial score (nSPS) is 11.4. The van der Waals surface area contributed by atoms with E-state index in [-0.39, 0.29) is 0 Å². The first-order chi connectivity index (χ1) is 7.72. The van der Waals surface area contributed by atoms with E-state index in [9.17, 15) is 4.79 Å². The van der Waals surface area contributed by atoms with Crippen molar-refractivity contribution in [2.75, 3.05) is 0 Å². The largest absolute Gasteiger partial charge is 0.431 e. The first-order valence-corrected chi connectivity index (χ1v) is 4.95. The molecule has 0 N–H and O–H groups in total. The fourth-order valence-electron chi connectivity index (χ4n) is 0.967. The summed E-state index contributed by atoms with van der Waals surface area (Å²) >= 11 is 0. The van der Waals surface area contributed by atoms with Crippen molar-refractivity contribution in [3.63, 3.8) is 0 Å². The zero-order chi connectivity index (χ0) is 11.8. The summed E-state index contributed by atoms with van der Waals surface area (Å²) in [4.78, 5) is 11.2. The van der Waals surface area contributed by atoms with Crippen LogP contribution in [-0.4, -0.2) is 5.97 Å². The predicted molar refractivity (Wildman–Crippen MR) is 65.5 cm³/mol. The molecule has 1 rings (SSSR count). The highest BCUT2D eigenvalue weighted by Gasteiger charge is 1.93. The summed E-state index contributed by atoms with van der Waals surface area (Å²) in [6.45, 7) is 5.36. The molecule has 2 heteroatoms. The maximum absolute atomic E-state index is 11.2. The molecule has 16 heavy (non-hydrogen) atoms. The maximum atomic E-state index is 11.2. The minimum Gasteiger partial charge on any atom is -0.431 e. The average Bonchev–Trinajstić information content (AvgIpc) is 2.34. The molecule has 0 bridgehead atoms. The van der Waals surface area contributed by atoms with Crippen LogP contribution in [-0.2, 0) is 9.53 Å². The van der Waals surface area contributed by atoms with E-state index in [1.165, 1.54) is 12.3 Å². The summed E-state index contributed by atoms with van der Waals surface area (Å²) in [6.07, 6.45) is 6.10. The lowest BCUT2D eigenvalue weighted by molar-refractivity contribution is -0.132. The van der Waals surface area contributed by atoms with E-state index < -0.39 is 5.97 Å². The van der Waals surface area contributed by atoms with Gasteiger partial charge in [0.05, 0.1) is 6.26 Å². The van der Waals surface area contributed by atoms with Crippen molar-refractivity contribution in [2.24, 2.45) is 0 Å². The van der Waals surface area contributed by atoms with Gasteiger partial charge in [0.25, 0.3) is 0 Å². The Morgan fingerprint density at radius 2 is 2.00 bits per heavy atom. The highest BCUT2D eigenvalue weighted by atomic mass is 16.5. The first-order valence-electron chi connectivity index (χ1n) is 4.95. The molecule has 0 spiro atoms. The smallest absolute Gasteiger partial charge is 0.335 e. The SMILES string of the molecule is C=CC(C)=COC(=O)C=Cc1ccccc1. The van der Waals surface area contributed by atoms with Crippen LogP contribution >= 0.6 is 0 Å². The number of rotatable bonds is 4. The van der Waals surface area contributed by atoms with Crippen LogP contribution in [0.5, 0.6) is 0 Å². The van der Waals surface area contributed by atoms with Crippen molar-refractivity contribution in [1.82, 2.24) is 0 Å². The highest BCUT2D eigenvalue weighted by Crippen LogP contribution is 2.01. The van der Waals surface area contributed by atoms with Gasteiger partial charge in [-0.1, -0.05) is 43.0 Å². The van der Waals surface area contributed by atoms with Gasteiger partial charge < -0.3 is 4.74 Å². The van der Waals surface area contributed by atoms with Crippen molar-refractivity contribution in [2.45, 2.75) is 6.92 Å². The van der Waals surface area contributed by atoms with E-state index in [1.807, 2.05) is 30.3 Å². The first kappa shape index (κ1) is 12.0. The molecule has 0 atom stereocenters. The van der Waals surface area contributed by atoms with Crippen molar-refractivity contribution >= 4 is 12.0 Å². The van der Waals surface area contributed by atoms with Crippen molar-refractivity contribution in [3.8, 4) is 0 Å². The van der Waals surface area contributed by atoms with Crippen molar-refractivity contribution in [1.29, 1.82) is 0 Å². The van der Waals surface area contributed by atoms with Crippen LogP contribution in [0.1, 0.15) is 12.5 Å². The molecule has 0 heterocycles. The van der Waals surface area contributed by atoms with Gasteiger partial charge in [-0.3, -0.25) is 0 Å². The quantitative estimate of drug-likeness (QED) is 0.332. The Morgan fingerprint density at radius 1 is 1.31 bits per heavy atom. The number of esters is 1. The number of hydrogen-bond donors (Lipinski definition) is 0. The summed E-state index contributed by atoms with van der Waals surface area (Å²) in [5.41, 5.74) is 1.77. The second kappa shape index (κ2) is 6.40. The zero-order valence-electron chi connectivity index (χ0n) is 9.22. The Bertz CT molecular complexity index is 414. The third-order valence-corrected chi connectivity index (χ3v) is 1.89. The van der Waals surface area contributed by atoms with Crippen LogP contribution in [0.2, 0.25) is 0 Å². The molecular weight excluding hydrogens is 200 g/mol. The third kappa shape index (κ3) is 4.42. The van der Waals surface area contributed by atoms with E-state index in [1.54, 1.807) is 19.1 Å². The molecule has 0 aliphatic heterocycles. The van der Waals surface area contributed by atoms with Crippen LogP contribution in [0.25, 0.3) is 6.08 Å². The fraction of sp³-hybridized carbons (Fsp3) is 0.0714. The minimum atomic E-state index is -0.398. The molecule has 0 unspecified atom stereocenters. The Labute approximate surface area is 95.6 Å². The van der Waals surface area contributed by atoms with Gasteiger partial charge in [-0.2, -0.15) is 0 Å². The van der Waals surface area contributed by atoms with E-state index in [0.29, 0.717) is 0 Å². The molecule has 0 aliphatic rings. The molecule has 0 aliphatic carbocycles. The molecular formula is C14H14O2. The maximum Gasteiger partial charge on any atom is 0.335 e. The lowest BCUT2D eigenvalue weighted by Crippen LogP contribution is -1.93. The molecule has 82 valence electrons. The molecule has 0 aromatic heterocycles. The summed E-state index contributed by atoms with van der Waals surface area (Å²) in [5, 5.41) is 0.